The molecular weight excluding hydrogens is 320 g/mol. The summed E-state index contributed by atoms with van der Waals surface area (Å²) in [4.78, 5) is 0. The zero-order valence-electron chi connectivity index (χ0n) is 14.4. The first kappa shape index (κ1) is 18.5. The van der Waals surface area contributed by atoms with Crippen molar-refractivity contribution >= 4 is 0 Å². The van der Waals surface area contributed by atoms with Crippen LogP contribution in [0.1, 0.15) is 77.0 Å². The lowest BCUT2D eigenvalue weighted by Crippen LogP contribution is -2.45. The molecule has 1 nitrogen and oxygen atoms in total. The molecule has 0 spiro atoms. The Bertz CT molecular complexity index is 389. The molecule has 0 radical (unpaired) electrons. The van der Waals surface area contributed by atoms with Crippen LogP contribution in [0.3, 0.4) is 0 Å². The van der Waals surface area contributed by atoms with Crippen molar-refractivity contribution in [1.29, 1.82) is 0 Å². The zero-order chi connectivity index (χ0) is 17.2. The molecule has 0 N–H and O–H groups in total. The SMILES string of the molecule is FC1CCC(OC(F)(F)C2CCC(C3CCCCC3)CC2F)CC1. The Kier molecular flexibility index (Phi) is 6.10. The number of alkyl halides is 4. The number of ether oxygens (including phenoxy) is 1. The van der Waals surface area contributed by atoms with E-state index in [9.17, 15) is 17.6 Å². The third kappa shape index (κ3) is 4.44. The molecule has 0 amide bonds. The van der Waals surface area contributed by atoms with Crippen LogP contribution < -0.4 is 0 Å². The molecule has 3 aliphatic rings. The molecule has 3 rings (SSSR count). The average Bonchev–Trinajstić information content (AvgIpc) is 2.57. The van der Waals surface area contributed by atoms with Crippen molar-refractivity contribution in [2.24, 2.45) is 17.8 Å². The van der Waals surface area contributed by atoms with Crippen molar-refractivity contribution < 1.29 is 22.3 Å². The standard InChI is InChI=1S/C19H30F4O/c20-15-7-9-16(10-8-15)24-19(22,23)17-11-6-14(12-18(17)21)13-4-2-1-3-5-13/h13-18H,1-12H2. The predicted octanol–water partition coefficient (Wildman–Crippen LogP) is 6.21. The van der Waals surface area contributed by atoms with Crippen LogP contribution in [0.25, 0.3) is 0 Å². The fourth-order valence-corrected chi connectivity index (χ4v) is 5.01. The summed E-state index contributed by atoms with van der Waals surface area (Å²) < 4.78 is 61.6. The summed E-state index contributed by atoms with van der Waals surface area (Å²) in [5.74, 6) is -0.554. The van der Waals surface area contributed by atoms with Gasteiger partial charge in [-0.1, -0.05) is 32.1 Å². The molecule has 0 bridgehead atoms. The Labute approximate surface area is 142 Å². The summed E-state index contributed by atoms with van der Waals surface area (Å²) in [5.41, 5.74) is 0. The van der Waals surface area contributed by atoms with E-state index in [2.05, 4.69) is 0 Å². The van der Waals surface area contributed by atoms with Crippen molar-refractivity contribution in [3.05, 3.63) is 0 Å². The Morgan fingerprint density at radius 3 is 2.00 bits per heavy atom. The molecule has 3 fully saturated rings. The summed E-state index contributed by atoms with van der Waals surface area (Å²) in [5, 5.41) is 0. The molecule has 140 valence electrons. The van der Waals surface area contributed by atoms with Gasteiger partial charge in [-0.2, -0.15) is 8.78 Å². The van der Waals surface area contributed by atoms with Crippen LogP contribution in [0, 0.1) is 17.8 Å². The molecule has 5 heteroatoms. The lowest BCUT2D eigenvalue weighted by molar-refractivity contribution is -0.310. The van der Waals surface area contributed by atoms with Gasteiger partial charge in [0.05, 0.1) is 12.0 Å². The van der Waals surface area contributed by atoms with E-state index >= 15 is 0 Å². The second-order valence-electron chi connectivity index (χ2n) is 8.15. The third-order valence-electron chi connectivity index (χ3n) is 6.49. The minimum Gasteiger partial charge on any atom is -0.317 e. The largest absolute Gasteiger partial charge is 0.361 e. The predicted molar refractivity (Wildman–Crippen MR) is 85.5 cm³/mol. The number of hydrogen-bond donors (Lipinski definition) is 0. The highest BCUT2D eigenvalue weighted by molar-refractivity contribution is 4.89. The minimum absolute atomic E-state index is 0.202. The highest BCUT2D eigenvalue weighted by Crippen LogP contribution is 2.46. The Morgan fingerprint density at radius 2 is 1.38 bits per heavy atom. The van der Waals surface area contributed by atoms with Gasteiger partial charge in [0, 0.05) is 0 Å². The summed E-state index contributed by atoms with van der Waals surface area (Å²) in [6, 6.07) is 0. The van der Waals surface area contributed by atoms with Gasteiger partial charge in [-0.25, -0.2) is 8.78 Å². The fraction of sp³-hybridized carbons (Fsp3) is 1.00. The maximum absolute atomic E-state index is 14.5. The van der Waals surface area contributed by atoms with Gasteiger partial charge in [0.25, 0.3) is 0 Å². The highest BCUT2D eigenvalue weighted by Gasteiger charge is 2.50. The van der Waals surface area contributed by atoms with Gasteiger partial charge in [-0.15, -0.1) is 0 Å². The van der Waals surface area contributed by atoms with E-state index in [1.165, 1.54) is 19.3 Å². The first-order chi connectivity index (χ1) is 11.5. The van der Waals surface area contributed by atoms with Gasteiger partial charge in [0.15, 0.2) is 0 Å². The zero-order valence-corrected chi connectivity index (χ0v) is 14.4. The minimum atomic E-state index is -3.43. The summed E-state index contributed by atoms with van der Waals surface area (Å²) in [7, 11) is 0. The quantitative estimate of drug-likeness (QED) is 0.548. The van der Waals surface area contributed by atoms with Crippen LogP contribution in [0.5, 0.6) is 0 Å². The average molecular weight is 350 g/mol. The Hall–Kier alpha value is -0.320. The lowest BCUT2D eigenvalue weighted by atomic mass is 9.70. The van der Waals surface area contributed by atoms with Gasteiger partial charge < -0.3 is 4.74 Å². The number of rotatable bonds is 4. The van der Waals surface area contributed by atoms with Crippen molar-refractivity contribution in [3.63, 3.8) is 0 Å². The third-order valence-corrected chi connectivity index (χ3v) is 6.49. The fourth-order valence-electron chi connectivity index (χ4n) is 5.01. The Balaban J connectivity index is 1.52. The summed E-state index contributed by atoms with van der Waals surface area (Å²) >= 11 is 0. The van der Waals surface area contributed by atoms with Gasteiger partial charge in [-0.3, -0.25) is 0 Å². The molecule has 24 heavy (non-hydrogen) atoms. The molecule has 0 saturated heterocycles. The van der Waals surface area contributed by atoms with Crippen LogP contribution in [0.15, 0.2) is 0 Å². The second-order valence-corrected chi connectivity index (χ2v) is 8.15. The molecule has 3 atom stereocenters. The monoisotopic (exact) mass is 350 g/mol. The van der Waals surface area contributed by atoms with Crippen molar-refractivity contribution in [3.8, 4) is 0 Å². The topological polar surface area (TPSA) is 9.23 Å². The number of halogens is 4. The molecule has 3 unspecified atom stereocenters. The van der Waals surface area contributed by atoms with E-state index in [4.69, 9.17) is 4.74 Å². The van der Waals surface area contributed by atoms with E-state index in [-0.39, 0.29) is 31.6 Å². The van der Waals surface area contributed by atoms with Gasteiger partial charge in [-0.05, 0) is 56.8 Å². The van der Waals surface area contributed by atoms with Crippen LogP contribution >= 0.6 is 0 Å². The maximum atomic E-state index is 14.5. The first-order valence-corrected chi connectivity index (χ1v) is 9.79. The molecule has 0 aromatic heterocycles. The highest BCUT2D eigenvalue weighted by atomic mass is 19.3. The van der Waals surface area contributed by atoms with E-state index in [1.54, 1.807) is 0 Å². The van der Waals surface area contributed by atoms with E-state index in [0.29, 0.717) is 25.2 Å². The molecular formula is C19H30F4O. The van der Waals surface area contributed by atoms with Gasteiger partial charge >= 0.3 is 6.11 Å². The normalized spacial score (nSPS) is 39.8. The number of hydrogen-bond acceptors (Lipinski definition) is 1. The first-order valence-electron chi connectivity index (χ1n) is 9.79. The van der Waals surface area contributed by atoms with Crippen LogP contribution in [0.2, 0.25) is 0 Å². The summed E-state index contributed by atoms with van der Waals surface area (Å²) in [6.45, 7) is 0. The van der Waals surface area contributed by atoms with Crippen LogP contribution in [0.4, 0.5) is 17.6 Å². The van der Waals surface area contributed by atoms with E-state index in [0.717, 1.165) is 12.8 Å². The van der Waals surface area contributed by atoms with Crippen LogP contribution in [-0.4, -0.2) is 24.6 Å². The van der Waals surface area contributed by atoms with E-state index < -0.39 is 30.5 Å². The van der Waals surface area contributed by atoms with Crippen molar-refractivity contribution in [2.45, 2.75) is 102 Å². The molecule has 0 aromatic rings. The van der Waals surface area contributed by atoms with Crippen molar-refractivity contribution in [1.82, 2.24) is 0 Å². The van der Waals surface area contributed by atoms with Crippen molar-refractivity contribution in [2.75, 3.05) is 0 Å². The molecule has 3 aliphatic carbocycles. The van der Waals surface area contributed by atoms with Gasteiger partial charge in [0.2, 0.25) is 0 Å². The molecule has 0 heterocycles. The van der Waals surface area contributed by atoms with E-state index in [1.807, 2.05) is 0 Å². The second kappa shape index (κ2) is 7.92. The summed E-state index contributed by atoms with van der Waals surface area (Å²) in [6.07, 6.45) is 1.75. The smallest absolute Gasteiger partial charge is 0.317 e. The Morgan fingerprint density at radius 1 is 0.708 bits per heavy atom. The van der Waals surface area contributed by atoms with Crippen LogP contribution in [-0.2, 0) is 4.74 Å². The van der Waals surface area contributed by atoms with Gasteiger partial charge in [0.1, 0.15) is 12.3 Å². The maximum Gasteiger partial charge on any atom is 0.361 e. The molecule has 0 aromatic carbocycles. The lowest BCUT2D eigenvalue weighted by Gasteiger charge is -2.41. The molecule has 0 aliphatic heterocycles. The molecule has 3 saturated carbocycles.